The Hall–Kier alpha value is -1.51. The molecule has 0 spiro atoms. The minimum Gasteiger partial charge on any atom is -0.497 e. The first-order valence-corrected chi connectivity index (χ1v) is 7.46. The Kier molecular flexibility index (Phi) is 5.27. The van der Waals surface area contributed by atoms with Crippen LogP contribution < -0.4 is 4.74 Å². The molecule has 2 nitrogen and oxygen atoms in total. The van der Waals surface area contributed by atoms with Crippen molar-refractivity contribution in [2.24, 2.45) is 0 Å². The van der Waals surface area contributed by atoms with Gasteiger partial charge in [0, 0.05) is 5.02 Å². The van der Waals surface area contributed by atoms with E-state index in [-0.39, 0.29) is 0 Å². The fraction of sp³-hybridized carbons (Fsp3) is 0.333. The van der Waals surface area contributed by atoms with E-state index >= 15 is 0 Å². The Morgan fingerprint density at radius 2 is 1.71 bits per heavy atom. The van der Waals surface area contributed by atoms with Gasteiger partial charge < -0.3 is 9.84 Å². The molecular weight excluding hydrogens is 284 g/mol. The van der Waals surface area contributed by atoms with Gasteiger partial charge in [-0.05, 0) is 67.1 Å². The van der Waals surface area contributed by atoms with E-state index in [1.807, 2.05) is 50.2 Å². The zero-order chi connectivity index (χ0) is 15.4. The maximum Gasteiger partial charge on any atom is 0.118 e. The molecule has 1 unspecified atom stereocenters. The molecule has 21 heavy (non-hydrogen) atoms. The summed E-state index contributed by atoms with van der Waals surface area (Å²) in [7, 11) is 1.65. The molecule has 0 amide bonds. The summed E-state index contributed by atoms with van der Waals surface area (Å²) in [5.41, 5.74) is 4.28. The van der Waals surface area contributed by atoms with Gasteiger partial charge in [-0.3, -0.25) is 0 Å². The number of aliphatic hydroxyl groups excluding tert-OH is 1. The van der Waals surface area contributed by atoms with Gasteiger partial charge in [0.15, 0.2) is 0 Å². The summed E-state index contributed by atoms with van der Waals surface area (Å²) in [6.45, 7) is 4.06. The Morgan fingerprint density at radius 3 is 2.33 bits per heavy atom. The highest BCUT2D eigenvalue weighted by atomic mass is 35.5. The van der Waals surface area contributed by atoms with Gasteiger partial charge in [-0.2, -0.15) is 0 Å². The molecule has 112 valence electrons. The minimum absolute atomic E-state index is 0.543. The van der Waals surface area contributed by atoms with E-state index in [9.17, 15) is 5.11 Å². The van der Waals surface area contributed by atoms with Crippen LogP contribution in [0.1, 0.15) is 34.8 Å². The largest absolute Gasteiger partial charge is 0.497 e. The molecule has 3 heteroatoms. The number of hydrogen-bond donors (Lipinski definition) is 1. The molecule has 2 aromatic carbocycles. The SMILES string of the molecule is COc1ccc(CCC(O)c2cc(C)c(C)cc2Cl)cc1. The summed E-state index contributed by atoms with van der Waals surface area (Å²) in [5, 5.41) is 11.0. The lowest BCUT2D eigenvalue weighted by atomic mass is 9.98. The number of benzene rings is 2. The van der Waals surface area contributed by atoms with Crippen LogP contribution in [0, 0.1) is 13.8 Å². The van der Waals surface area contributed by atoms with Crippen molar-refractivity contribution in [3.8, 4) is 5.75 Å². The van der Waals surface area contributed by atoms with Gasteiger partial charge in [0.2, 0.25) is 0 Å². The highest BCUT2D eigenvalue weighted by Gasteiger charge is 2.13. The molecule has 0 fully saturated rings. The van der Waals surface area contributed by atoms with Gasteiger partial charge in [0.25, 0.3) is 0 Å². The van der Waals surface area contributed by atoms with Gasteiger partial charge in [0.1, 0.15) is 5.75 Å². The number of aryl methyl sites for hydroxylation is 3. The second-order valence-corrected chi connectivity index (χ2v) is 5.77. The molecular formula is C18H21ClO2. The highest BCUT2D eigenvalue weighted by molar-refractivity contribution is 6.31. The molecule has 0 saturated carbocycles. The fourth-order valence-electron chi connectivity index (χ4n) is 2.31. The summed E-state index contributed by atoms with van der Waals surface area (Å²) in [6.07, 6.45) is 0.905. The first-order chi connectivity index (χ1) is 10.0. The van der Waals surface area contributed by atoms with Crippen LogP contribution in [0.5, 0.6) is 5.75 Å². The van der Waals surface area contributed by atoms with Crippen LogP contribution >= 0.6 is 11.6 Å². The fourth-order valence-corrected chi connectivity index (χ4v) is 2.65. The van der Waals surface area contributed by atoms with Crippen LogP contribution in [0.2, 0.25) is 5.02 Å². The van der Waals surface area contributed by atoms with Crippen LogP contribution in [-0.4, -0.2) is 12.2 Å². The maximum atomic E-state index is 10.4. The third-order valence-corrected chi connectivity index (χ3v) is 4.16. The predicted molar refractivity (Wildman–Crippen MR) is 87.2 cm³/mol. The standard InChI is InChI=1S/C18H21ClO2/c1-12-10-16(17(19)11-13(12)2)18(20)9-6-14-4-7-15(21-3)8-5-14/h4-5,7-8,10-11,18,20H,6,9H2,1-3H3. The van der Waals surface area contributed by atoms with Crippen molar-refractivity contribution in [2.45, 2.75) is 32.8 Å². The van der Waals surface area contributed by atoms with Crippen molar-refractivity contribution in [2.75, 3.05) is 7.11 Å². The second-order valence-electron chi connectivity index (χ2n) is 5.36. The van der Waals surface area contributed by atoms with E-state index < -0.39 is 6.10 Å². The lowest BCUT2D eigenvalue weighted by Gasteiger charge is -2.15. The number of rotatable bonds is 5. The summed E-state index contributed by atoms with van der Waals surface area (Å²) in [4.78, 5) is 0. The van der Waals surface area contributed by atoms with Crippen molar-refractivity contribution in [1.29, 1.82) is 0 Å². The molecule has 2 rings (SSSR count). The Labute approximate surface area is 131 Å². The van der Waals surface area contributed by atoms with Crippen LogP contribution in [-0.2, 0) is 6.42 Å². The third kappa shape index (κ3) is 3.99. The van der Waals surface area contributed by atoms with Crippen molar-refractivity contribution in [3.63, 3.8) is 0 Å². The topological polar surface area (TPSA) is 29.5 Å². The number of aliphatic hydroxyl groups is 1. The lowest BCUT2D eigenvalue weighted by Crippen LogP contribution is -2.02. The van der Waals surface area contributed by atoms with E-state index in [1.165, 1.54) is 5.56 Å². The molecule has 0 heterocycles. The first-order valence-electron chi connectivity index (χ1n) is 7.09. The van der Waals surface area contributed by atoms with Gasteiger partial charge in [0.05, 0.1) is 13.2 Å². The van der Waals surface area contributed by atoms with Crippen LogP contribution in [0.4, 0.5) is 0 Å². The molecule has 0 saturated heterocycles. The van der Waals surface area contributed by atoms with E-state index in [0.717, 1.165) is 28.9 Å². The quantitative estimate of drug-likeness (QED) is 0.872. The molecule has 2 aromatic rings. The smallest absolute Gasteiger partial charge is 0.118 e. The monoisotopic (exact) mass is 304 g/mol. The number of ether oxygens (including phenoxy) is 1. The summed E-state index contributed by atoms with van der Waals surface area (Å²) in [6, 6.07) is 11.8. The van der Waals surface area contributed by atoms with E-state index in [4.69, 9.17) is 16.3 Å². The molecule has 1 atom stereocenters. The van der Waals surface area contributed by atoms with Crippen LogP contribution in [0.25, 0.3) is 0 Å². The van der Waals surface area contributed by atoms with Crippen molar-refractivity contribution < 1.29 is 9.84 Å². The Bertz CT molecular complexity index is 605. The van der Waals surface area contributed by atoms with Crippen molar-refractivity contribution >= 4 is 11.6 Å². The molecule has 0 aromatic heterocycles. The third-order valence-electron chi connectivity index (χ3n) is 3.84. The zero-order valence-corrected chi connectivity index (χ0v) is 13.4. The van der Waals surface area contributed by atoms with Crippen molar-refractivity contribution in [3.05, 3.63) is 63.7 Å². The van der Waals surface area contributed by atoms with E-state index in [1.54, 1.807) is 7.11 Å². The molecule has 0 radical (unpaired) electrons. The van der Waals surface area contributed by atoms with Gasteiger partial charge in [-0.25, -0.2) is 0 Å². The van der Waals surface area contributed by atoms with Crippen LogP contribution in [0.3, 0.4) is 0 Å². The normalized spacial score (nSPS) is 12.2. The highest BCUT2D eigenvalue weighted by Crippen LogP contribution is 2.29. The molecule has 0 aliphatic heterocycles. The summed E-state index contributed by atoms with van der Waals surface area (Å²) in [5.74, 6) is 0.844. The minimum atomic E-state index is -0.543. The number of methoxy groups -OCH3 is 1. The molecule has 0 aliphatic carbocycles. The van der Waals surface area contributed by atoms with Gasteiger partial charge >= 0.3 is 0 Å². The van der Waals surface area contributed by atoms with Crippen LogP contribution in [0.15, 0.2) is 36.4 Å². The second kappa shape index (κ2) is 6.97. The summed E-state index contributed by atoms with van der Waals surface area (Å²) < 4.78 is 5.14. The Balaban J connectivity index is 2.04. The number of hydrogen-bond acceptors (Lipinski definition) is 2. The van der Waals surface area contributed by atoms with Gasteiger partial charge in [-0.15, -0.1) is 0 Å². The predicted octanol–water partition coefficient (Wildman–Crippen LogP) is 4.63. The van der Waals surface area contributed by atoms with Gasteiger partial charge in [-0.1, -0.05) is 29.8 Å². The van der Waals surface area contributed by atoms with E-state index in [0.29, 0.717) is 11.4 Å². The zero-order valence-electron chi connectivity index (χ0n) is 12.7. The Morgan fingerprint density at radius 1 is 1.10 bits per heavy atom. The maximum absolute atomic E-state index is 10.4. The van der Waals surface area contributed by atoms with Crippen molar-refractivity contribution in [1.82, 2.24) is 0 Å². The lowest BCUT2D eigenvalue weighted by molar-refractivity contribution is 0.168. The number of halogens is 1. The molecule has 0 aliphatic rings. The van der Waals surface area contributed by atoms with E-state index in [2.05, 4.69) is 0 Å². The molecule has 1 N–H and O–H groups in total. The average Bonchev–Trinajstić information content (AvgIpc) is 2.49. The molecule has 0 bridgehead atoms. The first kappa shape index (κ1) is 15.9. The average molecular weight is 305 g/mol. The summed E-state index contributed by atoms with van der Waals surface area (Å²) >= 11 is 6.24.